The average molecular weight is 466 g/mol. The van der Waals surface area contributed by atoms with Crippen molar-refractivity contribution in [3.8, 4) is 0 Å². The van der Waals surface area contributed by atoms with Crippen molar-refractivity contribution in [3.05, 3.63) is 52.4 Å². The molecule has 32 heavy (non-hydrogen) atoms. The van der Waals surface area contributed by atoms with Gasteiger partial charge in [-0.25, -0.2) is 31.7 Å². The van der Waals surface area contributed by atoms with Crippen molar-refractivity contribution in [2.45, 2.75) is 38.4 Å². The number of aromatic nitrogens is 2. The molecule has 1 aromatic heterocycles. The maximum atomic E-state index is 13.8. The van der Waals surface area contributed by atoms with Crippen molar-refractivity contribution >= 4 is 11.9 Å². The van der Waals surface area contributed by atoms with Crippen LogP contribution in [0.15, 0.2) is 12.1 Å². The Morgan fingerprint density at radius 3 is 2.34 bits per heavy atom. The summed E-state index contributed by atoms with van der Waals surface area (Å²) >= 11 is 0. The lowest BCUT2D eigenvalue weighted by Crippen LogP contribution is -2.41. The normalized spacial score (nSPS) is 14.0. The van der Waals surface area contributed by atoms with Crippen molar-refractivity contribution in [2.24, 2.45) is 5.73 Å². The number of carbonyl (C=O) groups excluding carboxylic acids is 1. The van der Waals surface area contributed by atoms with Gasteiger partial charge < -0.3 is 20.3 Å². The molecular weight excluding hydrogens is 446 g/mol. The van der Waals surface area contributed by atoms with E-state index in [4.69, 9.17) is 5.73 Å². The summed E-state index contributed by atoms with van der Waals surface area (Å²) in [4.78, 5) is 28.5. The molecule has 3 rings (SSSR count). The molecule has 2 heterocycles. The Kier molecular flexibility index (Phi) is 8.25. The van der Waals surface area contributed by atoms with Crippen LogP contribution in [0.1, 0.15) is 40.4 Å². The molecule has 1 atom stereocenters. The molecule has 0 spiro atoms. The van der Waals surface area contributed by atoms with E-state index in [2.05, 4.69) is 4.98 Å². The van der Waals surface area contributed by atoms with E-state index in [1.807, 2.05) is 0 Å². The predicted molar refractivity (Wildman–Crippen MR) is 99.2 cm³/mol. The third-order valence-corrected chi connectivity index (χ3v) is 4.79. The first-order valence-corrected chi connectivity index (χ1v) is 9.23. The van der Waals surface area contributed by atoms with Crippen molar-refractivity contribution < 1.29 is 41.0 Å². The van der Waals surface area contributed by atoms with Gasteiger partial charge in [-0.1, -0.05) is 0 Å². The van der Waals surface area contributed by atoms with Gasteiger partial charge in [0.25, 0.3) is 6.43 Å². The van der Waals surface area contributed by atoms with Crippen LogP contribution in [-0.4, -0.2) is 51.2 Å². The Labute approximate surface area is 178 Å². The van der Waals surface area contributed by atoms with Crippen molar-refractivity contribution in [1.82, 2.24) is 14.5 Å². The van der Waals surface area contributed by atoms with Gasteiger partial charge in [0.05, 0.1) is 19.4 Å². The molecular formula is C19H20F6N4O3. The summed E-state index contributed by atoms with van der Waals surface area (Å²) in [5.74, 6) is -6.28. The Bertz CT molecular complexity index is 998. The number of halogens is 6. The maximum Gasteiger partial charge on any atom is 0.356 e. The molecule has 1 unspecified atom stereocenters. The zero-order valence-corrected chi connectivity index (χ0v) is 16.8. The Balaban J connectivity index is 0.00000176. The molecule has 0 saturated carbocycles. The number of carboxylic acids is 1. The first kappa shape index (κ1) is 25.2. The van der Waals surface area contributed by atoms with Crippen LogP contribution in [-0.2, 0) is 24.3 Å². The van der Waals surface area contributed by atoms with Gasteiger partial charge in [-0.2, -0.15) is 0 Å². The lowest BCUT2D eigenvalue weighted by Gasteiger charge is -2.30. The highest BCUT2D eigenvalue weighted by Gasteiger charge is 2.32. The van der Waals surface area contributed by atoms with E-state index in [9.17, 15) is 41.0 Å². The van der Waals surface area contributed by atoms with E-state index in [1.165, 1.54) is 4.90 Å². The summed E-state index contributed by atoms with van der Waals surface area (Å²) < 4.78 is 76.8. The van der Waals surface area contributed by atoms with E-state index in [0.717, 1.165) is 4.57 Å². The van der Waals surface area contributed by atoms with Crippen LogP contribution < -0.4 is 5.73 Å². The molecule has 1 amide bonds. The third kappa shape index (κ3) is 5.39. The summed E-state index contributed by atoms with van der Waals surface area (Å²) in [5, 5.41) is 9.20. The molecule has 1 aliphatic heterocycles. The molecule has 3 N–H and O–H groups in total. The number of fused-ring (bicyclic) bond motifs is 1. The molecule has 176 valence electrons. The summed E-state index contributed by atoms with van der Waals surface area (Å²) in [6.45, 7) is -0.312. The number of nitrogens with two attached hydrogens (primary N) is 1. The van der Waals surface area contributed by atoms with Gasteiger partial charge in [-0.3, -0.25) is 9.18 Å². The quantitative estimate of drug-likeness (QED) is 0.504. The minimum Gasteiger partial charge on any atom is -0.476 e. The highest BCUT2D eigenvalue weighted by atomic mass is 19.3. The third-order valence-electron chi connectivity index (χ3n) is 4.79. The first-order chi connectivity index (χ1) is 15.1. The molecule has 7 nitrogen and oxygen atoms in total. The molecule has 2 aromatic rings. The van der Waals surface area contributed by atoms with E-state index in [0.29, 0.717) is 19.3 Å². The van der Waals surface area contributed by atoms with Crippen LogP contribution in [0.3, 0.4) is 0 Å². The average Bonchev–Trinajstić information content (AvgIpc) is 3.13. The fourth-order valence-corrected chi connectivity index (χ4v) is 3.37. The number of imidazole rings is 1. The molecule has 1 aliphatic rings. The predicted octanol–water partition coefficient (Wildman–Crippen LogP) is 2.82. The number of aromatic carboxylic acids is 1. The van der Waals surface area contributed by atoms with Crippen LogP contribution in [0, 0.1) is 17.5 Å². The molecule has 0 aliphatic carbocycles. The zero-order valence-electron chi connectivity index (χ0n) is 16.8. The van der Waals surface area contributed by atoms with E-state index in [-0.39, 0.29) is 43.7 Å². The van der Waals surface area contributed by atoms with E-state index in [1.54, 1.807) is 0 Å². The molecule has 0 fully saturated rings. The van der Waals surface area contributed by atoms with E-state index >= 15 is 0 Å². The number of rotatable bonds is 6. The van der Waals surface area contributed by atoms with Crippen LogP contribution >= 0.6 is 0 Å². The monoisotopic (exact) mass is 466 g/mol. The lowest BCUT2D eigenvalue weighted by atomic mass is 10.0. The first-order valence-electron chi connectivity index (χ1n) is 9.23. The van der Waals surface area contributed by atoms with Gasteiger partial charge in [-0.15, -0.1) is 0 Å². The van der Waals surface area contributed by atoms with Crippen LogP contribution in [0.5, 0.6) is 0 Å². The molecule has 0 saturated heterocycles. The number of carbonyl (C=O) groups is 2. The highest BCUT2D eigenvalue weighted by Crippen LogP contribution is 2.26. The highest BCUT2D eigenvalue weighted by molar-refractivity contribution is 5.87. The number of benzene rings is 1. The minimum absolute atomic E-state index is 0.0211. The number of hydrogen-bond donors (Lipinski definition) is 2. The summed E-state index contributed by atoms with van der Waals surface area (Å²) in [5.41, 5.74) is 5.06. The standard InChI is InChI=1S/C18H17F5N4O3.CH3F/c19-10-6-12(21)11(20)4-8(10)3-9(24)5-14(28)26-1-2-27-13(7-26)15(18(29)30)25-17(27)16(22)23;1-2/h4,6,9,16H,1-3,5,7,24H2,(H,29,30);1H3. The van der Waals surface area contributed by atoms with Gasteiger partial charge in [0.2, 0.25) is 5.91 Å². The van der Waals surface area contributed by atoms with Gasteiger partial charge in [0, 0.05) is 31.6 Å². The molecule has 13 heteroatoms. The Hall–Kier alpha value is -3.09. The van der Waals surface area contributed by atoms with Crippen LogP contribution in [0.2, 0.25) is 0 Å². The van der Waals surface area contributed by atoms with Gasteiger partial charge in [-0.05, 0) is 18.1 Å². The second kappa shape index (κ2) is 10.5. The number of nitrogens with zero attached hydrogens (tertiary/aromatic N) is 3. The largest absolute Gasteiger partial charge is 0.476 e. The topological polar surface area (TPSA) is 101 Å². The fraction of sp³-hybridized carbons (Fsp3) is 0.421. The summed E-state index contributed by atoms with van der Waals surface area (Å²) in [6, 6.07) is 0.123. The number of hydrogen-bond acceptors (Lipinski definition) is 4. The SMILES string of the molecule is CF.NC(CC(=O)N1CCn2c(C(F)F)nc(C(=O)O)c2C1)Cc1cc(F)c(F)cc1F. The Morgan fingerprint density at radius 1 is 1.12 bits per heavy atom. The number of amides is 1. The smallest absolute Gasteiger partial charge is 0.356 e. The second-order valence-corrected chi connectivity index (χ2v) is 6.86. The molecule has 0 bridgehead atoms. The number of alkyl halides is 3. The van der Waals surface area contributed by atoms with Crippen molar-refractivity contribution in [3.63, 3.8) is 0 Å². The maximum absolute atomic E-state index is 13.8. The number of carboxylic acid groups (broad SMARTS) is 1. The van der Waals surface area contributed by atoms with Crippen LogP contribution in [0.25, 0.3) is 0 Å². The lowest BCUT2D eigenvalue weighted by molar-refractivity contribution is -0.133. The minimum atomic E-state index is -2.97. The van der Waals surface area contributed by atoms with Gasteiger partial charge >= 0.3 is 5.97 Å². The molecule has 1 aromatic carbocycles. The fourth-order valence-electron chi connectivity index (χ4n) is 3.37. The van der Waals surface area contributed by atoms with Crippen molar-refractivity contribution in [1.29, 1.82) is 0 Å². The van der Waals surface area contributed by atoms with Gasteiger partial charge in [0.15, 0.2) is 23.2 Å². The molecule has 0 radical (unpaired) electrons. The van der Waals surface area contributed by atoms with Gasteiger partial charge in [0.1, 0.15) is 5.82 Å². The van der Waals surface area contributed by atoms with Crippen molar-refractivity contribution in [2.75, 3.05) is 13.7 Å². The Morgan fingerprint density at radius 2 is 1.75 bits per heavy atom. The second-order valence-electron chi connectivity index (χ2n) is 6.86. The zero-order chi connectivity index (χ0) is 24.2. The van der Waals surface area contributed by atoms with Crippen LogP contribution in [0.4, 0.5) is 26.3 Å². The summed E-state index contributed by atoms with van der Waals surface area (Å²) in [7, 11) is 0.500. The van der Waals surface area contributed by atoms with E-state index < -0.39 is 53.3 Å². The summed E-state index contributed by atoms with van der Waals surface area (Å²) in [6.07, 6.45) is -3.51.